The standard InChI is InChI=1S/C12H25NO3S/c1-5-13-12(4,11(15)16)7-6-8-17-10(3)9(2)14/h9-10,13-14H,5-8H2,1-4H3,(H,15,16). The number of hydrogen-bond acceptors (Lipinski definition) is 4. The topological polar surface area (TPSA) is 69.6 Å². The zero-order valence-corrected chi connectivity index (χ0v) is 12.0. The van der Waals surface area contributed by atoms with E-state index in [1.165, 1.54) is 0 Å². The molecule has 0 fully saturated rings. The molecule has 3 N–H and O–H groups in total. The highest BCUT2D eigenvalue weighted by atomic mass is 32.2. The maximum absolute atomic E-state index is 11.1. The summed E-state index contributed by atoms with van der Waals surface area (Å²) < 4.78 is 0. The van der Waals surface area contributed by atoms with E-state index >= 15 is 0 Å². The zero-order chi connectivity index (χ0) is 13.5. The maximum Gasteiger partial charge on any atom is 0.323 e. The fourth-order valence-electron chi connectivity index (χ4n) is 1.50. The Morgan fingerprint density at radius 1 is 1.47 bits per heavy atom. The van der Waals surface area contributed by atoms with Crippen LogP contribution in [0.5, 0.6) is 0 Å². The molecule has 5 heteroatoms. The minimum Gasteiger partial charge on any atom is -0.480 e. The Kier molecular flexibility index (Phi) is 7.83. The van der Waals surface area contributed by atoms with Gasteiger partial charge in [0.2, 0.25) is 0 Å². The molecule has 0 saturated carbocycles. The average molecular weight is 263 g/mol. The van der Waals surface area contributed by atoms with E-state index in [1.54, 1.807) is 25.6 Å². The third kappa shape index (κ3) is 6.29. The number of likely N-dealkylation sites (N-methyl/N-ethyl adjacent to an activating group) is 1. The number of carboxylic acid groups (broad SMARTS) is 1. The minimum atomic E-state index is -0.830. The van der Waals surface area contributed by atoms with Crippen molar-refractivity contribution in [3.05, 3.63) is 0 Å². The van der Waals surface area contributed by atoms with E-state index in [0.29, 0.717) is 13.0 Å². The van der Waals surface area contributed by atoms with Crippen LogP contribution < -0.4 is 5.32 Å². The number of nitrogens with one attached hydrogen (secondary N) is 1. The second-order valence-electron chi connectivity index (χ2n) is 4.59. The van der Waals surface area contributed by atoms with Crippen molar-refractivity contribution in [1.82, 2.24) is 5.32 Å². The molecule has 0 aliphatic rings. The van der Waals surface area contributed by atoms with Crippen LogP contribution in [-0.2, 0) is 4.79 Å². The summed E-state index contributed by atoms with van der Waals surface area (Å²) in [6.07, 6.45) is 1.12. The molecule has 3 atom stereocenters. The van der Waals surface area contributed by atoms with Gasteiger partial charge < -0.3 is 15.5 Å². The molecule has 0 rings (SSSR count). The molecule has 102 valence electrons. The summed E-state index contributed by atoms with van der Waals surface area (Å²) >= 11 is 1.68. The molecule has 3 unspecified atom stereocenters. The van der Waals surface area contributed by atoms with Gasteiger partial charge in [-0.25, -0.2) is 0 Å². The average Bonchev–Trinajstić information content (AvgIpc) is 2.24. The highest BCUT2D eigenvalue weighted by molar-refractivity contribution is 7.99. The second-order valence-corrected chi connectivity index (χ2v) is 6.07. The third-order valence-corrected chi connectivity index (χ3v) is 4.36. The quantitative estimate of drug-likeness (QED) is 0.553. The lowest BCUT2D eigenvalue weighted by atomic mass is 9.96. The van der Waals surface area contributed by atoms with Crippen LogP contribution in [0.2, 0.25) is 0 Å². The summed E-state index contributed by atoms with van der Waals surface area (Å²) in [7, 11) is 0. The largest absolute Gasteiger partial charge is 0.480 e. The molecule has 0 bridgehead atoms. The van der Waals surface area contributed by atoms with Gasteiger partial charge in [0.25, 0.3) is 0 Å². The SMILES string of the molecule is CCNC(C)(CCCSC(C)C(C)O)C(=O)O. The van der Waals surface area contributed by atoms with E-state index in [9.17, 15) is 9.90 Å². The van der Waals surface area contributed by atoms with Gasteiger partial charge in [-0.15, -0.1) is 0 Å². The minimum absolute atomic E-state index is 0.199. The van der Waals surface area contributed by atoms with Crippen molar-refractivity contribution in [1.29, 1.82) is 0 Å². The summed E-state index contributed by atoms with van der Waals surface area (Å²) in [6, 6.07) is 0. The van der Waals surface area contributed by atoms with Crippen LogP contribution in [0.25, 0.3) is 0 Å². The Labute approximate surface area is 108 Å². The van der Waals surface area contributed by atoms with Gasteiger partial charge in [0, 0.05) is 5.25 Å². The molecule has 0 radical (unpaired) electrons. The van der Waals surface area contributed by atoms with Crippen LogP contribution in [0, 0.1) is 0 Å². The van der Waals surface area contributed by atoms with Crippen LogP contribution in [0.3, 0.4) is 0 Å². The predicted molar refractivity (Wildman–Crippen MR) is 72.6 cm³/mol. The lowest BCUT2D eigenvalue weighted by Gasteiger charge is -2.26. The van der Waals surface area contributed by atoms with E-state index in [-0.39, 0.29) is 11.4 Å². The van der Waals surface area contributed by atoms with Gasteiger partial charge in [0.05, 0.1) is 6.10 Å². The number of carboxylic acids is 1. The zero-order valence-electron chi connectivity index (χ0n) is 11.2. The van der Waals surface area contributed by atoms with E-state index in [4.69, 9.17) is 5.11 Å². The van der Waals surface area contributed by atoms with Crippen LogP contribution in [0.15, 0.2) is 0 Å². The molecular formula is C12H25NO3S. The van der Waals surface area contributed by atoms with Gasteiger partial charge in [-0.05, 0) is 39.0 Å². The first kappa shape index (κ1) is 16.7. The summed E-state index contributed by atoms with van der Waals surface area (Å²) in [5.74, 6) is 0.0771. The van der Waals surface area contributed by atoms with Crippen molar-refractivity contribution in [3.63, 3.8) is 0 Å². The molecule has 0 aromatic rings. The van der Waals surface area contributed by atoms with Crippen LogP contribution in [-0.4, -0.2) is 45.4 Å². The molecule has 0 aliphatic carbocycles. The van der Waals surface area contributed by atoms with Crippen molar-refractivity contribution in [3.8, 4) is 0 Å². The van der Waals surface area contributed by atoms with Gasteiger partial charge in [0.15, 0.2) is 0 Å². The van der Waals surface area contributed by atoms with Crippen molar-refractivity contribution >= 4 is 17.7 Å². The molecule has 0 heterocycles. The van der Waals surface area contributed by atoms with Gasteiger partial charge in [-0.1, -0.05) is 13.8 Å². The van der Waals surface area contributed by atoms with E-state index in [0.717, 1.165) is 12.2 Å². The van der Waals surface area contributed by atoms with Crippen LogP contribution >= 0.6 is 11.8 Å². The lowest BCUT2D eigenvalue weighted by molar-refractivity contribution is -0.144. The molecule has 0 aromatic heterocycles. The lowest BCUT2D eigenvalue weighted by Crippen LogP contribution is -2.49. The van der Waals surface area contributed by atoms with Crippen molar-refractivity contribution < 1.29 is 15.0 Å². The summed E-state index contributed by atoms with van der Waals surface area (Å²) in [4.78, 5) is 11.1. The van der Waals surface area contributed by atoms with Crippen LogP contribution in [0.1, 0.15) is 40.5 Å². The molecule has 4 nitrogen and oxygen atoms in total. The highest BCUT2D eigenvalue weighted by Gasteiger charge is 2.31. The Morgan fingerprint density at radius 3 is 2.47 bits per heavy atom. The number of hydrogen-bond donors (Lipinski definition) is 3. The molecule has 17 heavy (non-hydrogen) atoms. The number of thioether (sulfide) groups is 1. The van der Waals surface area contributed by atoms with E-state index < -0.39 is 11.5 Å². The summed E-state index contributed by atoms with van der Waals surface area (Å²) in [5.41, 5.74) is -0.830. The van der Waals surface area contributed by atoms with E-state index in [1.807, 2.05) is 13.8 Å². The molecule has 0 spiro atoms. The second kappa shape index (κ2) is 7.95. The number of rotatable bonds is 9. The first-order valence-electron chi connectivity index (χ1n) is 6.11. The highest BCUT2D eigenvalue weighted by Crippen LogP contribution is 2.19. The van der Waals surface area contributed by atoms with E-state index in [2.05, 4.69) is 5.32 Å². The maximum atomic E-state index is 11.1. The van der Waals surface area contributed by atoms with Crippen molar-refractivity contribution in [2.75, 3.05) is 12.3 Å². The molecule has 0 aliphatic heterocycles. The normalized spacial score (nSPS) is 18.4. The van der Waals surface area contributed by atoms with Gasteiger partial charge >= 0.3 is 5.97 Å². The first-order valence-corrected chi connectivity index (χ1v) is 7.16. The van der Waals surface area contributed by atoms with Gasteiger partial charge in [-0.3, -0.25) is 4.79 Å². The summed E-state index contributed by atoms with van der Waals surface area (Å²) in [5, 5.41) is 21.7. The molecule has 0 saturated heterocycles. The predicted octanol–water partition coefficient (Wildman–Crippen LogP) is 1.72. The number of carbonyl (C=O) groups is 1. The first-order chi connectivity index (χ1) is 7.83. The number of aliphatic carboxylic acids is 1. The Balaban J connectivity index is 3.95. The Bertz CT molecular complexity index is 236. The van der Waals surface area contributed by atoms with Gasteiger partial charge in [0.1, 0.15) is 5.54 Å². The van der Waals surface area contributed by atoms with Crippen molar-refractivity contribution in [2.24, 2.45) is 0 Å². The molecule has 0 amide bonds. The Morgan fingerprint density at radius 2 is 2.06 bits per heavy atom. The smallest absolute Gasteiger partial charge is 0.323 e. The monoisotopic (exact) mass is 263 g/mol. The summed E-state index contributed by atoms with van der Waals surface area (Å²) in [6.45, 7) is 8.04. The fourth-order valence-corrected chi connectivity index (χ4v) is 2.46. The van der Waals surface area contributed by atoms with Gasteiger partial charge in [-0.2, -0.15) is 11.8 Å². The fraction of sp³-hybridized carbons (Fsp3) is 0.917. The van der Waals surface area contributed by atoms with Crippen molar-refractivity contribution in [2.45, 2.75) is 57.4 Å². The third-order valence-electron chi connectivity index (χ3n) is 2.92. The Hall–Kier alpha value is -0.260. The number of aliphatic hydroxyl groups excluding tert-OH is 1. The molecular weight excluding hydrogens is 238 g/mol. The molecule has 0 aromatic carbocycles. The number of aliphatic hydroxyl groups is 1. The van der Waals surface area contributed by atoms with Crippen LogP contribution in [0.4, 0.5) is 0 Å².